The molecule has 0 spiro atoms. The SMILES string of the molecule is CC1Cc2nc(-c3cccc(=O)[nH]3)[nH]c2CC1C. The molecule has 94 valence electrons. The second-order valence-electron chi connectivity index (χ2n) is 5.30. The van der Waals surface area contributed by atoms with E-state index in [-0.39, 0.29) is 5.56 Å². The minimum absolute atomic E-state index is 0.0939. The summed E-state index contributed by atoms with van der Waals surface area (Å²) in [6.07, 6.45) is 2.06. The molecule has 0 saturated carbocycles. The molecule has 2 atom stereocenters. The van der Waals surface area contributed by atoms with E-state index in [1.807, 2.05) is 6.07 Å². The maximum Gasteiger partial charge on any atom is 0.248 e. The van der Waals surface area contributed by atoms with Crippen molar-refractivity contribution in [1.82, 2.24) is 15.0 Å². The first-order valence-electron chi connectivity index (χ1n) is 6.41. The van der Waals surface area contributed by atoms with Crippen LogP contribution in [0, 0.1) is 11.8 Å². The number of aromatic amines is 2. The van der Waals surface area contributed by atoms with Crippen LogP contribution in [-0.2, 0) is 12.8 Å². The Morgan fingerprint density at radius 3 is 2.72 bits per heavy atom. The van der Waals surface area contributed by atoms with Crippen LogP contribution in [0.1, 0.15) is 25.2 Å². The molecule has 1 aliphatic rings. The molecule has 0 radical (unpaired) electrons. The quantitative estimate of drug-likeness (QED) is 0.806. The number of hydrogen-bond donors (Lipinski definition) is 2. The van der Waals surface area contributed by atoms with E-state index in [4.69, 9.17) is 0 Å². The highest BCUT2D eigenvalue weighted by atomic mass is 16.1. The molecule has 1 aliphatic carbocycles. The summed E-state index contributed by atoms with van der Waals surface area (Å²) in [5, 5.41) is 0. The molecule has 0 aliphatic heterocycles. The Labute approximate surface area is 105 Å². The van der Waals surface area contributed by atoms with Crippen LogP contribution in [0.5, 0.6) is 0 Å². The van der Waals surface area contributed by atoms with Crippen molar-refractivity contribution in [2.45, 2.75) is 26.7 Å². The van der Waals surface area contributed by atoms with Crippen LogP contribution in [0.3, 0.4) is 0 Å². The van der Waals surface area contributed by atoms with Crippen molar-refractivity contribution < 1.29 is 0 Å². The van der Waals surface area contributed by atoms with E-state index in [0.717, 1.165) is 30.1 Å². The van der Waals surface area contributed by atoms with E-state index in [1.54, 1.807) is 6.07 Å². The Morgan fingerprint density at radius 1 is 1.17 bits per heavy atom. The van der Waals surface area contributed by atoms with Gasteiger partial charge < -0.3 is 9.97 Å². The molecule has 18 heavy (non-hydrogen) atoms. The highest BCUT2D eigenvalue weighted by molar-refractivity contribution is 5.50. The number of hydrogen-bond acceptors (Lipinski definition) is 2. The molecular weight excluding hydrogens is 226 g/mol. The Bertz CT molecular complexity index is 598. The van der Waals surface area contributed by atoms with Crippen molar-refractivity contribution in [2.24, 2.45) is 11.8 Å². The smallest absolute Gasteiger partial charge is 0.248 e. The fraction of sp³-hybridized carbons (Fsp3) is 0.429. The lowest BCUT2D eigenvalue weighted by molar-refractivity contribution is 0.355. The van der Waals surface area contributed by atoms with Crippen LogP contribution < -0.4 is 5.56 Å². The van der Waals surface area contributed by atoms with Crippen LogP contribution >= 0.6 is 0 Å². The molecular formula is C14H17N3O. The average Bonchev–Trinajstić information content (AvgIpc) is 2.73. The fourth-order valence-electron chi connectivity index (χ4n) is 2.53. The second kappa shape index (κ2) is 4.12. The van der Waals surface area contributed by atoms with Gasteiger partial charge in [-0.2, -0.15) is 0 Å². The Morgan fingerprint density at radius 2 is 1.94 bits per heavy atom. The first-order chi connectivity index (χ1) is 8.63. The molecule has 2 aromatic rings. The maximum absolute atomic E-state index is 11.3. The third kappa shape index (κ3) is 1.88. The van der Waals surface area contributed by atoms with E-state index >= 15 is 0 Å². The predicted octanol–water partition coefficient (Wildman–Crippen LogP) is 2.14. The van der Waals surface area contributed by atoms with Gasteiger partial charge in [0.1, 0.15) is 0 Å². The maximum atomic E-state index is 11.3. The number of aromatic nitrogens is 3. The van der Waals surface area contributed by atoms with Crippen molar-refractivity contribution in [3.8, 4) is 11.5 Å². The molecule has 2 unspecified atom stereocenters. The molecule has 0 fully saturated rings. The number of fused-ring (bicyclic) bond motifs is 1. The lowest BCUT2D eigenvalue weighted by Crippen LogP contribution is -2.20. The van der Waals surface area contributed by atoms with Gasteiger partial charge in [0.25, 0.3) is 0 Å². The van der Waals surface area contributed by atoms with E-state index in [0.29, 0.717) is 11.8 Å². The van der Waals surface area contributed by atoms with Gasteiger partial charge in [0.15, 0.2) is 5.82 Å². The minimum Gasteiger partial charge on any atom is -0.340 e. The lowest BCUT2D eigenvalue weighted by Gasteiger charge is -2.24. The van der Waals surface area contributed by atoms with Gasteiger partial charge in [-0.25, -0.2) is 4.98 Å². The van der Waals surface area contributed by atoms with Crippen LogP contribution in [0.15, 0.2) is 23.0 Å². The molecule has 2 N–H and O–H groups in total. The normalized spacial score (nSPS) is 22.8. The Balaban J connectivity index is 2.01. The van der Waals surface area contributed by atoms with Crippen LogP contribution in [-0.4, -0.2) is 15.0 Å². The first-order valence-corrected chi connectivity index (χ1v) is 6.41. The summed E-state index contributed by atoms with van der Waals surface area (Å²) in [7, 11) is 0. The van der Waals surface area contributed by atoms with Crippen LogP contribution in [0.4, 0.5) is 0 Å². The van der Waals surface area contributed by atoms with Gasteiger partial charge in [0, 0.05) is 11.8 Å². The highest BCUT2D eigenvalue weighted by Crippen LogP contribution is 2.29. The van der Waals surface area contributed by atoms with Gasteiger partial charge in [-0.1, -0.05) is 19.9 Å². The topological polar surface area (TPSA) is 61.5 Å². The predicted molar refractivity (Wildman–Crippen MR) is 70.4 cm³/mol. The summed E-state index contributed by atoms with van der Waals surface area (Å²) in [5.41, 5.74) is 3.04. The van der Waals surface area contributed by atoms with Gasteiger partial charge in [-0.05, 0) is 30.7 Å². The standard InChI is InChI=1S/C14H17N3O/c1-8-6-11-12(7-9(8)2)17-14(16-11)10-4-3-5-13(18)15-10/h3-5,8-9H,6-7H2,1-2H3,(H,15,18)(H,16,17). The first kappa shape index (κ1) is 11.3. The average molecular weight is 243 g/mol. The molecule has 0 amide bonds. The van der Waals surface area contributed by atoms with Crippen molar-refractivity contribution in [1.29, 1.82) is 0 Å². The molecule has 0 saturated heterocycles. The third-order valence-corrected chi connectivity index (χ3v) is 3.90. The minimum atomic E-state index is -0.0939. The molecule has 2 heterocycles. The summed E-state index contributed by atoms with van der Waals surface area (Å²) in [6, 6.07) is 5.13. The van der Waals surface area contributed by atoms with Crippen molar-refractivity contribution in [3.63, 3.8) is 0 Å². The summed E-state index contributed by atoms with van der Waals surface area (Å²) in [5.74, 6) is 2.13. The summed E-state index contributed by atoms with van der Waals surface area (Å²) >= 11 is 0. The van der Waals surface area contributed by atoms with Crippen molar-refractivity contribution in [2.75, 3.05) is 0 Å². The van der Waals surface area contributed by atoms with Crippen LogP contribution in [0.25, 0.3) is 11.5 Å². The number of nitrogens with one attached hydrogen (secondary N) is 2. The number of nitrogens with zero attached hydrogens (tertiary/aromatic N) is 1. The zero-order valence-corrected chi connectivity index (χ0v) is 10.7. The van der Waals surface area contributed by atoms with Gasteiger partial charge in [-0.3, -0.25) is 4.79 Å². The fourth-order valence-corrected chi connectivity index (χ4v) is 2.53. The molecule has 2 aromatic heterocycles. The second-order valence-corrected chi connectivity index (χ2v) is 5.30. The largest absolute Gasteiger partial charge is 0.340 e. The Hall–Kier alpha value is -1.84. The zero-order valence-electron chi connectivity index (χ0n) is 10.7. The van der Waals surface area contributed by atoms with Crippen molar-refractivity contribution in [3.05, 3.63) is 39.9 Å². The van der Waals surface area contributed by atoms with Crippen LogP contribution in [0.2, 0.25) is 0 Å². The number of imidazole rings is 1. The van der Waals surface area contributed by atoms with Gasteiger partial charge in [-0.15, -0.1) is 0 Å². The van der Waals surface area contributed by atoms with E-state index < -0.39 is 0 Å². The summed E-state index contributed by atoms with van der Waals surface area (Å²) in [4.78, 5) is 22.1. The van der Waals surface area contributed by atoms with Gasteiger partial charge in [0.2, 0.25) is 5.56 Å². The Kier molecular flexibility index (Phi) is 2.58. The lowest BCUT2D eigenvalue weighted by atomic mass is 9.82. The molecule has 3 rings (SSSR count). The number of H-pyrrole nitrogens is 2. The van der Waals surface area contributed by atoms with Gasteiger partial charge >= 0.3 is 0 Å². The van der Waals surface area contributed by atoms with Gasteiger partial charge in [0.05, 0.1) is 11.4 Å². The zero-order chi connectivity index (χ0) is 12.7. The number of rotatable bonds is 1. The molecule has 4 heteroatoms. The van der Waals surface area contributed by atoms with E-state index in [2.05, 4.69) is 28.8 Å². The monoisotopic (exact) mass is 243 g/mol. The third-order valence-electron chi connectivity index (χ3n) is 3.90. The summed E-state index contributed by atoms with van der Waals surface area (Å²) in [6.45, 7) is 4.55. The molecule has 0 bridgehead atoms. The molecule has 4 nitrogen and oxygen atoms in total. The van der Waals surface area contributed by atoms with E-state index in [9.17, 15) is 4.79 Å². The van der Waals surface area contributed by atoms with E-state index in [1.165, 1.54) is 11.8 Å². The summed E-state index contributed by atoms with van der Waals surface area (Å²) < 4.78 is 0. The van der Waals surface area contributed by atoms with Crippen molar-refractivity contribution >= 4 is 0 Å². The highest BCUT2D eigenvalue weighted by Gasteiger charge is 2.25. The number of pyridine rings is 1. The molecule has 0 aromatic carbocycles.